The molecular weight excluding hydrogens is 636 g/mol. The number of hydrogen-bond donors (Lipinski definition) is 3. The van der Waals surface area contributed by atoms with Crippen molar-refractivity contribution in [2.75, 3.05) is 16.8 Å². The molecule has 0 saturated carbocycles. The standard InChI is InChI=1S/C28H21ClN4O7S3/c29-15-3-7-17(8-4-15)33-26(35)22-21(23-25(32-28(37)42-23)41-24(22)27(33)36)14-1-9-18(10-2-14)40-13-20(34)31-16-5-11-19(12-6-16)43(30,38)39/h1-12,21-22,24H,13H2,(H,31,34)(H,32,37)(H2,30,38,39)/t21-,22-,24+/m0/s1. The molecule has 43 heavy (non-hydrogen) atoms. The molecule has 1 saturated heterocycles. The van der Waals surface area contributed by atoms with Crippen LogP contribution in [0, 0.1) is 5.92 Å². The Morgan fingerprint density at radius 1 is 0.977 bits per heavy atom. The van der Waals surface area contributed by atoms with Gasteiger partial charge in [-0.2, -0.15) is 0 Å². The lowest BCUT2D eigenvalue weighted by Gasteiger charge is -2.29. The molecule has 4 N–H and O–H groups in total. The summed E-state index contributed by atoms with van der Waals surface area (Å²) >= 11 is 8.20. The largest absolute Gasteiger partial charge is 0.484 e. The molecular formula is C28H21ClN4O7S3. The monoisotopic (exact) mass is 656 g/mol. The molecule has 0 spiro atoms. The number of halogens is 1. The van der Waals surface area contributed by atoms with E-state index in [-0.39, 0.29) is 28.2 Å². The fourth-order valence-corrected chi connectivity index (χ4v) is 8.22. The van der Waals surface area contributed by atoms with Crippen molar-refractivity contribution in [2.45, 2.75) is 21.1 Å². The number of nitrogens with two attached hydrogens (primary N) is 1. The lowest BCUT2D eigenvalue weighted by molar-refractivity contribution is -0.122. The smallest absolute Gasteiger partial charge is 0.305 e. The Morgan fingerprint density at radius 3 is 2.30 bits per heavy atom. The van der Waals surface area contributed by atoms with Crippen molar-refractivity contribution in [3.05, 3.63) is 97.9 Å². The maximum absolute atomic E-state index is 13.8. The predicted molar refractivity (Wildman–Crippen MR) is 162 cm³/mol. The number of amides is 3. The van der Waals surface area contributed by atoms with Crippen LogP contribution in [0.2, 0.25) is 5.02 Å². The number of carbonyl (C=O) groups is 3. The molecule has 220 valence electrons. The molecule has 3 aromatic carbocycles. The van der Waals surface area contributed by atoms with Crippen molar-refractivity contribution in [2.24, 2.45) is 11.1 Å². The zero-order valence-electron chi connectivity index (χ0n) is 21.9. The number of thiazole rings is 1. The summed E-state index contributed by atoms with van der Waals surface area (Å²) in [7, 11) is -3.85. The average molecular weight is 657 g/mol. The Labute approximate surface area is 258 Å². The number of anilines is 2. The number of benzene rings is 3. The van der Waals surface area contributed by atoms with E-state index in [1.54, 1.807) is 48.5 Å². The van der Waals surface area contributed by atoms with Crippen molar-refractivity contribution >= 4 is 73.8 Å². The molecule has 2 aliphatic rings. The molecule has 15 heteroatoms. The maximum atomic E-state index is 13.8. The molecule has 0 bridgehead atoms. The second-order valence-electron chi connectivity index (χ2n) is 9.71. The van der Waals surface area contributed by atoms with Gasteiger partial charge in [0.2, 0.25) is 21.8 Å². The normalized spacial score (nSPS) is 19.6. The van der Waals surface area contributed by atoms with E-state index in [9.17, 15) is 27.6 Å². The minimum Gasteiger partial charge on any atom is -0.484 e. The molecule has 0 aliphatic carbocycles. The van der Waals surface area contributed by atoms with Crippen LogP contribution in [-0.2, 0) is 24.4 Å². The van der Waals surface area contributed by atoms with E-state index in [1.807, 2.05) is 0 Å². The van der Waals surface area contributed by atoms with Gasteiger partial charge in [0.25, 0.3) is 5.91 Å². The first-order valence-corrected chi connectivity index (χ1v) is 16.3. The molecule has 6 rings (SSSR count). The van der Waals surface area contributed by atoms with Crippen molar-refractivity contribution in [1.29, 1.82) is 0 Å². The molecule has 1 fully saturated rings. The van der Waals surface area contributed by atoms with Gasteiger partial charge in [-0.3, -0.25) is 19.2 Å². The van der Waals surface area contributed by atoms with Crippen LogP contribution >= 0.6 is 34.7 Å². The number of fused-ring (bicyclic) bond motifs is 2. The number of sulfonamides is 1. The highest BCUT2D eigenvalue weighted by Crippen LogP contribution is 2.53. The highest BCUT2D eigenvalue weighted by Gasteiger charge is 2.56. The molecule has 4 aromatic rings. The van der Waals surface area contributed by atoms with Crippen LogP contribution < -0.4 is 25.0 Å². The average Bonchev–Trinajstić information content (AvgIpc) is 3.46. The summed E-state index contributed by atoms with van der Waals surface area (Å²) in [4.78, 5) is 56.2. The summed E-state index contributed by atoms with van der Waals surface area (Å²) in [6.07, 6.45) is 0. The number of ether oxygens (including phenoxy) is 1. The van der Waals surface area contributed by atoms with Gasteiger partial charge in [-0.1, -0.05) is 46.8 Å². The van der Waals surface area contributed by atoms with Gasteiger partial charge in [0.1, 0.15) is 11.0 Å². The van der Waals surface area contributed by atoms with E-state index in [4.69, 9.17) is 21.5 Å². The van der Waals surface area contributed by atoms with Gasteiger partial charge in [-0.05, 0) is 66.2 Å². The van der Waals surface area contributed by atoms with Crippen molar-refractivity contribution < 1.29 is 27.5 Å². The second-order valence-corrected chi connectivity index (χ2v) is 13.9. The predicted octanol–water partition coefficient (Wildman–Crippen LogP) is 3.55. The lowest BCUT2D eigenvalue weighted by Crippen LogP contribution is -2.32. The summed E-state index contributed by atoms with van der Waals surface area (Å²) in [6.45, 7) is -0.326. The van der Waals surface area contributed by atoms with E-state index in [1.165, 1.54) is 40.9 Å². The number of nitrogens with zero attached hydrogens (tertiary/aromatic N) is 1. The third-order valence-electron chi connectivity index (χ3n) is 6.98. The minimum absolute atomic E-state index is 0.0786. The maximum Gasteiger partial charge on any atom is 0.305 e. The zero-order valence-corrected chi connectivity index (χ0v) is 25.1. The number of hydrogen-bond acceptors (Lipinski definition) is 9. The van der Waals surface area contributed by atoms with Gasteiger partial charge in [0.05, 0.1) is 21.5 Å². The van der Waals surface area contributed by atoms with Crippen LogP contribution in [0.3, 0.4) is 0 Å². The Kier molecular flexibility index (Phi) is 7.64. The number of carbonyl (C=O) groups excluding carboxylic acids is 3. The van der Waals surface area contributed by atoms with E-state index >= 15 is 0 Å². The first-order chi connectivity index (χ1) is 20.5. The molecule has 0 radical (unpaired) electrons. The second kappa shape index (κ2) is 11.3. The summed E-state index contributed by atoms with van der Waals surface area (Å²) in [5.74, 6) is -2.13. The van der Waals surface area contributed by atoms with Crippen LogP contribution in [0.4, 0.5) is 11.4 Å². The first kappa shape index (κ1) is 29.1. The first-order valence-electron chi connectivity index (χ1n) is 12.7. The molecule has 2 aliphatic heterocycles. The van der Waals surface area contributed by atoms with Crippen molar-refractivity contribution in [1.82, 2.24) is 4.98 Å². The van der Waals surface area contributed by atoms with Gasteiger partial charge in [0, 0.05) is 21.5 Å². The minimum atomic E-state index is -3.85. The molecule has 3 heterocycles. The number of rotatable bonds is 7. The summed E-state index contributed by atoms with van der Waals surface area (Å²) in [6, 6.07) is 18.6. The van der Waals surface area contributed by atoms with E-state index in [0.717, 1.165) is 11.3 Å². The molecule has 3 atom stereocenters. The fourth-order valence-electron chi connectivity index (χ4n) is 5.07. The van der Waals surface area contributed by atoms with Crippen LogP contribution in [0.5, 0.6) is 5.75 Å². The molecule has 1 aromatic heterocycles. The van der Waals surface area contributed by atoms with Gasteiger partial charge in [0.15, 0.2) is 6.61 Å². The Hall–Kier alpha value is -3.95. The fraction of sp³-hybridized carbons (Fsp3) is 0.143. The van der Waals surface area contributed by atoms with Gasteiger partial charge in [-0.25, -0.2) is 18.5 Å². The number of thioether (sulfide) groups is 1. The van der Waals surface area contributed by atoms with Crippen LogP contribution in [0.1, 0.15) is 16.4 Å². The zero-order chi connectivity index (χ0) is 30.5. The lowest BCUT2D eigenvalue weighted by atomic mass is 9.83. The van der Waals surface area contributed by atoms with Crippen molar-refractivity contribution in [3.8, 4) is 5.75 Å². The number of primary sulfonamides is 1. The summed E-state index contributed by atoms with van der Waals surface area (Å²) in [5.41, 5.74) is 1.50. The Balaban J connectivity index is 1.20. The number of imide groups is 1. The van der Waals surface area contributed by atoms with Crippen LogP contribution in [-0.4, -0.2) is 43.0 Å². The highest BCUT2D eigenvalue weighted by molar-refractivity contribution is 8.00. The summed E-state index contributed by atoms with van der Waals surface area (Å²) in [5, 5.41) is 8.00. The summed E-state index contributed by atoms with van der Waals surface area (Å²) < 4.78 is 28.4. The van der Waals surface area contributed by atoms with Gasteiger partial charge < -0.3 is 15.0 Å². The van der Waals surface area contributed by atoms with Crippen LogP contribution in [0.25, 0.3) is 0 Å². The topological polar surface area (TPSA) is 169 Å². The molecule has 0 unspecified atom stereocenters. The Bertz CT molecular complexity index is 1910. The third kappa shape index (κ3) is 5.71. The van der Waals surface area contributed by atoms with E-state index in [0.29, 0.717) is 37.6 Å². The number of H-pyrrole nitrogens is 1. The van der Waals surface area contributed by atoms with Crippen molar-refractivity contribution in [3.63, 3.8) is 0 Å². The molecule has 11 nitrogen and oxygen atoms in total. The Morgan fingerprint density at radius 2 is 1.65 bits per heavy atom. The highest BCUT2D eigenvalue weighted by atomic mass is 35.5. The SMILES string of the molecule is NS(=O)(=O)c1ccc(NC(=O)COc2ccc([C@@H]3c4sc(=O)[nH]c4S[C@H]4C(=O)N(c5ccc(Cl)cc5)C(=O)[C@@H]34)cc2)cc1. The number of nitrogens with one attached hydrogen (secondary N) is 2. The third-order valence-corrected chi connectivity index (χ3v) is 10.6. The van der Waals surface area contributed by atoms with Gasteiger partial charge in [-0.15, -0.1) is 0 Å². The van der Waals surface area contributed by atoms with Gasteiger partial charge >= 0.3 is 4.87 Å². The van der Waals surface area contributed by atoms with E-state index in [2.05, 4.69) is 10.3 Å². The molecule has 3 amide bonds. The van der Waals surface area contributed by atoms with Crippen LogP contribution in [0.15, 0.2) is 87.5 Å². The number of aromatic nitrogens is 1. The quantitative estimate of drug-likeness (QED) is 0.254. The van der Waals surface area contributed by atoms with E-state index < -0.39 is 33.0 Å². The number of aromatic amines is 1.